The van der Waals surface area contributed by atoms with Gasteiger partial charge in [-0.1, -0.05) is 31.5 Å². The van der Waals surface area contributed by atoms with Gasteiger partial charge in [0.1, 0.15) is 12.3 Å². The highest BCUT2D eigenvalue weighted by molar-refractivity contribution is 5.94. The first-order valence-corrected chi connectivity index (χ1v) is 12.8. The molecule has 1 aromatic heterocycles. The Hall–Kier alpha value is -3.65. The predicted octanol–water partition coefficient (Wildman–Crippen LogP) is 4.85. The van der Waals surface area contributed by atoms with E-state index in [1.807, 2.05) is 80.1 Å². The summed E-state index contributed by atoms with van der Waals surface area (Å²) >= 11 is 0. The van der Waals surface area contributed by atoms with Gasteiger partial charge in [-0.05, 0) is 62.1 Å². The molecule has 0 radical (unpaired) electrons. The van der Waals surface area contributed by atoms with Crippen LogP contribution in [0.4, 0.5) is 5.95 Å². The molecule has 8 nitrogen and oxygen atoms in total. The van der Waals surface area contributed by atoms with Crippen LogP contribution in [0.15, 0.2) is 54.7 Å². The van der Waals surface area contributed by atoms with Crippen molar-refractivity contribution >= 4 is 17.8 Å². The number of benzene rings is 2. The number of imidazole rings is 1. The van der Waals surface area contributed by atoms with E-state index in [0.29, 0.717) is 31.2 Å². The third kappa shape index (κ3) is 6.98. The van der Waals surface area contributed by atoms with Gasteiger partial charge in [0, 0.05) is 37.0 Å². The zero-order chi connectivity index (χ0) is 26.4. The smallest absolute Gasteiger partial charge is 0.246 e. The summed E-state index contributed by atoms with van der Waals surface area (Å²) in [6.07, 6.45) is 4.14. The lowest BCUT2D eigenvalue weighted by molar-refractivity contribution is -0.136. The summed E-state index contributed by atoms with van der Waals surface area (Å²) < 4.78 is 12.9. The van der Waals surface area contributed by atoms with Gasteiger partial charge in [-0.3, -0.25) is 19.5 Å². The number of methoxy groups -OCH3 is 1. The number of rotatable bonds is 10. The number of amides is 2. The van der Waals surface area contributed by atoms with Gasteiger partial charge in [0.15, 0.2) is 0 Å². The van der Waals surface area contributed by atoms with Crippen molar-refractivity contribution in [2.45, 2.75) is 46.1 Å². The van der Waals surface area contributed by atoms with Gasteiger partial charge >= 0.3 is 0 Å². The molecule has 1 atom stereocenters. The van der Waals surface area contributed by atoms with E-state index in [1.165, 1.54) is 0 Å². The first-order valence-electron chi connectivity index (χ1n) is 12.8. The Morgan fingerprint density at radius 3 is 2.51 bits per heavy atom. The Balaban J connectivity index is 1.58. The summed E-state index contributed by atoms with van der Waals surface area (Å²) in [4.78, 5) is 32.5. The van der Waals surface area contributed by atoms with Crippen LogP contribution in [-0.4, -0.2) is 59.2 Å². The maximum atomic E-state index is 13.2. The number of nitrogens with one attached hydrogen (secondary N) is 1. The quantitative estimate of drug-likeness (QED) is 0.427. The normalized spacial score (nSPS) is 15.1. The molecular weight excluding hydrogens is 468 g/mol. The van der Waals surface area contributed by atoms with Crippen molar-refractivity contribution in [2.24, 2.45) is 5.92 Å². The highest BCUT2D eigenvalue weighted by Gasteiger charge is 2.25. The van der Waals surface area contributed by atoms with Crippen molar-refractivity contribution in [2.75, 3.05) is 32.1 Å². The topological polar surface area (TPSA) is 85.7 Å². The van der Waals surface area contributed by atoms with E-state index < -0.39 is 0 Å². The fourth-order valence-corrected chi connectivity index (χ4v) is 4.38. The second-order valence-electron chi connectivity index (χ2n) is 9.94. The van der Waals surface area contributed by atoms with Crippen LogP contribution in [0.3, 0.4) is 0 Å². The van der Waals surface area contributed by atoms with E-state index >= 15 is 0 Å². The number of carbonyl (C=O) groups is 2. The fourth-order valence-electron chi connectivity index (χ4n) is 4.38. The average Bonchev–Trinajstić information content (AvgIpc) is 3.54. The molecule has 2 heterocycles. The minimum atomic E-state index is -0.296. The number of ether oxygens (including phenoxy) is 2. The van der Waals surface area contributed by atoms with Crippen LogP contribution < -0.4 is 10.1 Å². The summed E-state index contributed by atoms with van der Waals surface area (Å²) in [5.74, 6) is 1.02. The number of anilines is 1. The Bertz CT molecular complexity index is 1200. The van der Waals surface area contributed by atoms with Crippen LogP contribution in [0.25, 0.3) is 16.9 Å². The number of aryl methyl sites for hydroxylation is 1. The molecule has 0 aliphatic carbocycles. The Morgan fingerprint density at radius 2 is 1.89 bits per heavy atom. The molecule has 8 heteroatoms. The molecule has 0 spiro atoms. The molecule has 2 aromatic carbocycles. The van der Waals surface area contributed by atoms with Gasteiger partial charge in [-0.25, -0.2) is 4.98 Å². The summed E-state index contributed by atoms with van der Waals surface area (Å²) in [5.41, 5.74) is 3.62. The lowest BCUT2D eigenvalue weighted by atomic mass is 10.1. The first kappa shape index (κ1) is 26.4. The van der Waals surface area contributed by atoms with Gasteiger partial charge in [0.05, 0.1) is 18.9 Å². The average molecular weight is 505 g/mol. The summed E-state index contributed by atoms with van der Waals surface area (Å²) in [6, 6.07) is 15.6. The van der Waals surface area contributed by atoms with Crippen LogP contribution in [0.1, 0.15) is 38.7 Å². The predicted molar refractivity (Wildman–Crippen MR) is 144 cm³/mol. The molecule has 1 aliphatic rings. The summed E-state index contributed by atoms with van der Waals surface area (Å²) in [7, 11) is 1.63. The minimum Gasteiger partial charge on any atom is -0.497 e. The number of hydrogen-bond acceptors (Lipinski definition) is 5. The molecule has 0 unspecified atom stereocenters. The van der Waals surface area contributed by atoms with Crippen LogP contribution >= 0.6 is 0 Å². The fraction of sp³-hybridized carbons (Fsp3) is 0.414. The lowest BCUT2D eigenvalue weighted by Gasteiger charge is -2.25. The number of aromatic nitrogens is 2. The molecule has 4 rings (SSSR count). The molecule has 1 saturated heterocycles. The maximum Gasteiger partial charge on any atom is 0.246 e. The van der Waals surface area contributed by atoms with Gasteiger partial charge < -0.3 is 14.4 Å². The van der Waals surface area contributed by atoms with E-state index in [2.05, 4.69) is 5.32 Å². The minimum absolute atomic E-state index is 0.0277. The van der Waals surface area contributed by atoms with Crippen LogP contribution in [0.2, 0.25) is 0 Å². The van der Waals surface area contributed by atoms with E-state index in [-0.39, 0.29) is 30.4 Å². The first-order chi connectivity index (χ1) is 17.8. The SMILES string of the molecule is COc1ccc(-c2cn(-c3ccc(C)cc3)c(NC(=O)CN(C[C@@H]3CCCO3)C(=O)CC(C)C)n2)cc1. The second kappa shape index (κ2) is 12.1. The van der Waals surface area contributed by atoms with Gasteiger partial charge in [-0.2, -0.15) is 0 Å². The monoisotopic (exact) mass is 504 g/mol. The summed E-state index contributed by atoms with van der Waals surface area (Å²) in [6.45, 7) is 7.10. The third-order valence-corrected chi connectivity index (χ3v) is 6.37. The van der Waals surface area contributed by atoms with E-state index in [0.717, 1.165) is 35.4 Å². The Morgan fingerprint density at radius 1 is 1.16 bits per heavy atom. The molecule has 0 bridgehead atoms. The van der Waals surface area contributed by atoms with Gasteiger partial charge in [-0.15, -0.1) is 0 Å². The molecule has 37 heavy (non-hydrogen) atoms. The summed E-state index contributed by atoms with van der Waals surface area (Å²) in [5, 5.41) is 2.95. The van der Waals surface area contributed by atoms with E-state index in [1.54, 1.807) is 12.0 Å². The molecule has 196 valence electrons. The Kier molecular flexibility index (Phi) is 8.61. The highest BCUT2D eigenvalue weighted by Crippen LogP contribution is 2.26. The number of hydrogen-bond donors (Lipinski definition) is 1. The molecule has 0 saturated carbocycles. The zero-order valence-electron chi connectivity index (χ0n) is 22.1. The highest BCUT2D eigenvalue weighted by atomic mass is 16.5. The third-order valence-electron chi connectivity index (χ3n) is 6.37. The van der Waals surface area contributed by atoms with Crippen molar-refractivity contribution in [3.05, 3.63) is 60.3 Å². The molecule has 3 aromatic rings. The second-order valence-corrected chi connectivity index (χ2v) is 9.94. The van der Waals surface area contributed by atoms with E-state index in [4.69, 9.17) is 14.5 Å². The van der Waals surface area contributed by atoms with Crippen LogP contribution in [0, 0.1) is 12.8 Å². The standard InChI is InChI=1S/C29H36N4O4/c1-20(2)16-28(35)32(17-25-6-5-15-37-25)19-27(34)31-29-30-26(22-9-13-24(36-4)14-10-22)18-33(29)23-11-7-21(3)8-12-23/h7-14,18,20,25H,5-6,15-17,19H2,1-4H3,(H,30,31,34)/t25-/m0/s1. The molecule has 1 N–H and O–H groups in total. The van der Waals surface area contributed by atoms with Crippen molar-refractivity contribution in [1.29, 1.82) is 0 Å². The van der Waals surface area contributed by atoms with Gasteiger partial charge in [0.2, 0.25) is 17.8 Å². The van der Waals surface area contributed by atoms with Crippen LogP contribution in [-0.2, 0) is 14.3 Å². The molecule has 1 fully saturated rings. The number of carbonyl (C=O) groups excluding carboxylic acids is 2. The van der Waals surface area contributed by atoms with E-state index in [9.17, 15) is 9.59 Å². The molecule has 1 aliphatic heterocycles. The van der Waals surface area contributed by atoms with Crippen molar-refractivity contribution in [3.63, 3.8) is 0 Å². The molecule has 2 amide bonds. The largest absolute Gasteiger partial charge is 0.497 e. The molecular formula is C29H36N4O4. The van der Waals surface area contributed by atoms with Crippen molar-refractivity contribution < 1.29 is 19.1 Å². The van der Waals surface area contributed by atoms with Crippen molar-refractivity contribution in [1.82, 2.24) is 14.5 Å². The zero-order valence-corrected chi connectivity index (χ0v) is 22.1. The number of nitrogens with zero attached hydrogens (tertiary/aromatic N) is 3. The lowest BCUT2D eigenvalue weighted by Crippen LogP contribution is -2.42. The maximum absolute atomic E-state index is 13.2. The van der Waals surface area contributed by atoms with Gasteiger partial charge in [0.25, 0.3) is 0 Å². The van der Waals surface area contributed by atoms with Crippen LogP contribution in [0.5, 0.6) is 5.75 Å². The van der Waals surface area contributed by atoms with Crippen molar-refractivity contribution in [3.8, 4) is 22.7 Å². The Labute approximate surface area is 218 Å².